The molecule has 10 aliphatic rings. The summed E-state index contributed by atoms with van der Waals surface area (Å²) in [6.45, 7) is 22.6. The Balaban J connectivity index is 0.976. The molecule has 2 spiro atoms. The van der Waals surface area contributed by atoms with E-state index in [9.17, 15) is 4.79 Å². The Kier molecular flexibility index (Phi) is 11.2. The van der Waals surface area contributed by atoms with Gasteiger partial charge >= 0.3 is 0 Å². The van der Waals surface area contributed by atoms with E-state index < -0.39 is 35.4 Å². The molecule has 1 aromatic carbocycles. The van der Waals surface area contributed by atoms with Crippen LogP contribution in [0, 0.1) is 53.3 Å². The van der Waals surface area contributed by atoms with E-state index in [1.807, 2.05) is 38.1 Å². The van der Waals surface area contributed by atoms with Crippen molar-refractivity contribution in [3.8, 4) is 0 Å². The van der Waals surface area contributed by atoms with Gasteiger partial charge in [-0.05, 0) is 113 Å². The Morgan fingerprint density at radius 2 is 1.21 bits per heavy atom. The van der Waals surface area contributed by atoms with Gasteiger partial charge in [0.2, 0.25) is 11.6 Å². The molecule has 11 rings (SSSR count). The Morgan fingerprint density at radius 3 is 1.67 bits per heavy atom. The zero-order valence-electron chi connectivity index (χ0n) is 35.4. The molecule has 0 N–H and O–H groups in total. The molecule has 4 bridgehead atoms. The van der Waals surface area contributed by atoms with Crippen LogP contribution in [0.5, 0.6) is 0 Å². The monoisotopic (exact) mass is 824 g/mol. The minimum atomic E-state index is -0.854. The number of hydrogen-bond donors (Lipinski definition) is 0. The molecule has 2 aliphatic carbocycles. The molecule has 8 saturated heterocycles. The molecule has 58 heavy (non-hydrogen) atoms. The quantitative estimate of drug-likeness (QED) is 0.0658. The van der Waals surface area contributed by atoms with E-state index in [1.165, 1.54) is 7.11 Å². The van der Waals surface area contributed by atoms with Crippen molar-refractivity contribution in [2.45, 2.75) is 165 Å². The molecule has 17 atom stereocenters. The fourth-order valence-electron chi connectivity index (χ4n) is 12.9. The van der Waals surface area contributed by atoms with E-state index in [0.717, 1.165) is 79.5 Å². The number of Topliss-reactive ketones (excluding diaryl/α,β-unsaturated/α-hetero) is 1. The number of ketones is 1. The molecule has 11 nitrogen and oxygen atoms in total. The third-order valence-electron chi connectivity index (χ3n) is 16.3. The molecule has 12 heteroatoms. The van der Waals surface area contributed by atoms with Crippen LogP contribution in [0.4, 0.5) is 0 Å². The highest BCUT2D eigenvalue weighted by Crippen LogP contribution is 2.63. The fraction of sp³-hybridized carbons (Fsp3) is 0.761. The van der Waals surface area contributed by atoms with Gasteiger partial charge in [0.15, 0.2) is 29.6 Å². The molecule has 0 radical (unpaired) electrons. The van der Waals surface area contributed by atoms with Crippen LogP contribution in [0.2, 0.25) is 0 Å². The summed E-state index contributed by atoms with van der Waals surface area (Å²) in [5, 5.41) is 0. The van der Waals surface area contributed by atoms with Gasteiger partial charge in [0.25, 0.3) is 0 Å². The van der Waals surface area contributed by atoms with Crippen molar-refractivity contribution < 1.29 is 52.5 Å². The molecular formula is C46H64O11S. The number of rotatable bonds is 12. The number of hydrogen-bond acceptors (Lipinski definition) is 12. The first-order valence-corrected chi connectivity index (χ1v) is 22.7. The lowest BCUT2D eigenvalue weighted by molar-refractivity contribution is -0.571. The van der Waals surface area contributed by atoms with Crippen molar-refractivity contribution >= 4 is 17.8 Å². The van der Waals surface area contributed by atoms with Gasteiger partial charge in [-0.15, -0.1) is 0 Å². The summed E-state index contributed by atoms with van der Waals surface area (Å²) in [7, 11) is 1.46. The van der Waals surface area contributed by atoms with Gasteiger partial charge in [0.05, 0.1) is 31.4 Å². The molecule has 8 aliphatic heterocycles. The Bertz CT molecular complexity index is 1650. The number of ether oxygens (including phenoxy) is 4. The maximum atomic E-state index is 14.2. The first kappa shape index (κ1) is 41.7. The summed E-state index contributed by atoms with van der Waals surface area (Å²) in [6, 6.07) is 7.42. The van der Waals surface area contributed by atoms with Crippen molar-refractivity contribution in [1.29, 1.82) is 0 Å². The lowest BCUT2D eigenvalue weighted by atomic mass is 9.57. The number of carbonyl (C=O) groups excluding carboxylic acids is 1. The van der Waals surface area contributed by atoms with Gasteiger partial charge in [-0.2, -0.15) is 4.33 Å². The van der Waals surface area contributed by atoms with E-state index in [1.54, 1.807) is 0 Å². The molecule has 2 unspecified atom stereocenters. The molecular weight excluding hydrogens is 761 g/mol. The minimum absolute atomic E-state index is 0.0172. The van der Waals surface area contributed by atoms with Crippen LogP contribution in [-0.4, -0.2) is 60.5 Å². The van der Waals surface area contributed by atoms with Gasteiger partial charge in [-0.1, -0.05) is 64.1 Å². The van der Waals surface area contributed by atoms with Gasteiger partial charge < -0.3 is 18.9 Å². The predicted molar refractivity (Wildman–Crippen MR) is 214 cm³/mol. The molecule has 2 saturated carbocycles. The highest BCUT2D eigenvalue weighted by molar-refractivity contribution is 7.94. The summed E-state index contributed by atoms with van der Waals surface area (Å²) in [5.41, 5.74) is 1.18. The summed E-state index contributed by atoms with van der Waals surface area (Å²) in [6.07, 6.45) is 7.67. The highest BCUT2D eigenvalue weighted by atomic mass is 32.2. The van der Waals surface area contributed by atoms with Crippen LogP contribution in [0.15, 0.2) is 53.5 Å². The van der Waals surface area contributed by atoms with E-state index in [4.69, 9.17) is 60.9 Å². The van der Waals surface area contributed by atoms with Crippen molar-refractivity contribution in [2.75, 3.05) is 7.11 Å². The highest BCUT2D eigenvalue weighted by Gasteiger charge is 2.71. The zero-order valence-corrected chi connectivity index (χ0v) is 36.2. The SMILES string of the molecule is C=C(C[C@H]1OC2O[C@]3(C)CC[C@H]4[C@H](C)CC[C@@H]([C@H]1C)[C@@]24OO3)C(CC(=O)c1ccc(SOOC)cc1)C(=C)C[C@H]1O[C@@H]2O[C@]3(C)CC[C@H]4[C@H](C)CC[C@@H]([C@H]1C)[C@@]24OO3. The largest absolute Gasteiger partial charge is 0.346 e. The van der Waals surface area contributed by atoms with Crippen molar-refractivity contribution in [3.63, 3.8) is 0 Å². The molecule has 8 heterocycles. The second-order valence-corrected chi connectivity index (χ2v) is 20.4. The maximum absolute atomic E-state index is 14.2. The van der Waals surface area contributed by atoms with Crippen molar-refractivity contribution in [2.24, 2.45) is 53.3 Å². The standard InChI is InChI=1S/C46H64O11S/c1-25-10-16-36-29(5)39(49-41-45(36)34(25)18-20-43(7,51-41)53-55-45)22-27(3)33(24-38(47)31-12-14-32(15-13-31)58-57-48-9)28(4)23-40-30(6)37-17-11-26(2)35-19-21-44(8)52-42(50-40)46(35,37)56-54-44/h12-15,25-26,29-30,33-37,39-42H,3-4,10-11,16-24H2,1-2,5-9H3/t25-,26-,29-,30-,33?,34+,35+,36+,37+,39-,40-,41-,42?,43+,44+,45-,46-/m1/s1. The van der Waals surface area contributed by atoms with Crippen molar-refractivity contribution in [3.05, 3.63) is 54.1 Å². The third-order valence-corrected chi connectivity index (χ3v) is 16.9. The Morgan fingerprint density at radius 1 is 0.724 bits per heavy atom. The summed E-state index contributed by atoms with van der Waals surface area (Å²) in [5.74, 6) is 0.216. The average molecular weight is 825 g/mol. The summed E-state index contributed by atoms with van der Waals surface area (Å²) in [4.78, 5) is 44.9. The van der Waals surface area contributed by atoms with Gasteiger partial charge in [-0.3, -0.25) is 4.79 Å². The van der Waals surface area contributed by atoms with Crippen LogP contribution < -0.4 is 0 Å². The van der Waals surface area contributed by atoms with Crippen LogP contribution in [0.3, 0.4) is 0 Å². The van der Waals surface area contributed by atoms with Crippen molar-refractivity contribution in [1.82, 2.24) is 0 Å². The maximum Gasteiger partial charge on any atom is 0.201 e. The van der Waals surface area contributed by atoms with E-state index in [-0.39, 0.29) is 65.8 Å². The lowest BCUT2D eigenvalue weighted by Crippen LogP contribution is -2.70. The van der Waals surface area contributed by atoms with Crippen LogP contribution >= 0.6 is 12.0 Å². The van der Waals surface area contributed by atoms with E-state index in [0.29, 0.717) is 30.2 Å². The van der Waals surface area contributed by atoms with Crippen LogP contribution in [0.1, 0.15) is 123 Å². The topological polar surface area (TPSA) is 109 Å². The molecule has 1 aromatic rings. The fourth-order valence-corrected chi connectivity index (χ4v) is 13.3. The summed E-state index contributed by atoms with van der Waals surface area (Å²) < 4.78 is 32.5. The second-order valence-electron chi connectivity index (χ2n) is 19.6. The number of carbonyl (C=O) groups is 1. The second kappa shape index (κ2) is 15.6. The Hall–Kier alpha value is -1.68. The number of benzene rings is 1. The molecule has 0 aromatic heterocycles. The molecule has 10 fully saturated rings. The van der Waals surface area contributed by atoms with E-state index >= 15 is 0 Å². The summed E-state index contributed by atoms with van der Waals surface area (Å²) >= 11 is 1.10. The Labute approximate surface area is 348 Å². The van der Waals surface area contributed by atoms with E-state index in [2.05, 4.69) is 27.7 Å². The predicted octanol–water partition coefficient (Wildman–Crippen LogP) is 9.85. The van der Waals surface area contributed by atoms with Gasteiger partial charge in [0.1, 0.15) is 0 Å². The van der Waals surface area contributed by atoms with Crippen LogP contribution in [-0.2, 0) is 47.7 Å². The van der Waals surface area contributed by atoms with Gasteiger partial charge in [-0.25, -0.2) is 24.4 Å². The first-order valence-electron chi connectivity index (χ1n) is 22.0. The lowest BCUT2D eigenvalue weighted by Gasteiger charge is -2.60. The molecule has 320 valence electrons. The number of fused-ring (bicyclic) bond motifs is 4. The molecule has 0 amide bonds. The van der Waals surface area contributed by atoms with Crippen LogP contribution in [0.25, 0.3) is 0 Å². The smallest absolute Gasteiger partial charge is 0.201 e. The normalized spacial score (nSPS) is 46.9. The van der Waals surface area contributed by atoms with Gasteiger partial charge in [0, 0.05) is 47.5 Å². The minimum Gasteiger partial charge on any atom is -0.346 e. The average Bonchev–Trinajstić information content (AvgIpc) is 3.58. The zero-order chi connectivity index (χ0) is 40.8. The third kappa shape index (κ3) is 6.83. The first-order chi connectivity index (χ1) is 27.7.